The Morgan fingerprint density at radius 2 is 1.91 bits per heavy atom. The van der Waals surface area contributed by atoms with Crippen molar-refractivity contribution in [3.05, 3.63) is 47.9 Å². The van der Waals surface area contributed by atoms with E-state index < -0.39 is 0 Å². The van der Waals surface area contributed by atoms with E-state index in [9.17, 15) is 0 Å². The van der Waals surface area contributed by atoms with Crippen molar-refractivity contribution in [1.82, 2.24) is 14.9 Å². The Hall–Kier alpha value is -1.72. The normalized spacial score (nSPS) is 13.0. The highest BCUT2D eigenvalue weighted by molar-refractivity contribution is 5.06. The van der Waals surface area contributed by atoms with Gasteiger partial charge in [0.05, 0.1) is 12.8 Å². The number of ether oxygens (including phenoxy) is 1. The van der Waals surface area contributed by atoms with Crippen LogP contribution in [0.4, 0.5) is 0 Å². The van der Waals surface area contributed by atoms with Crippen LogP contribution in [0.3, 0.4) is 0 Å². The first-order valence-electron chi connectivity index (χ1n) is 7.65. The van der Waals surface area contributed by atoms with Gasteiger partial charge >= 0.3 is 0 Å². The molecule has 0 aromatic carbocycles. The van der Waals surface area contributed by atoms with Crippen LogP contribution >= 0.6 is 0 Å². The molecule has 2 heterocycles. The van der Waals surface area contributed by atoms with Crippen LogP contribution < -0.4 is 0 Å². The zero-order valence-electron chi connectivity index (χ0n) is 13.8. The first-order chi connectivity index (χ1) is 10.6. The lowest BCUT2D eigenvalue weighted by molar-refractivity contribution is 0.140. The zero-order chi connectivity index (χ0) is 15.9. The number of hydrogen-bond donors (Lipinski definition) is 0. The Labute approximate surface area is 132 Å². The van der Waals surface area contributed by atoms with Gasteiger partial charge in [0.2, 0.25) is 0 Å². The van der Waals surface area contributed by atoms with E-state index >= 15 is 0 Å². The number of furan rings is 1. The van der Waals surface area contributed by atoms with Gasteiger partial charge in [0.25, 0.3) is 0 Å². The maximum atomic E-state index is 5.49. The third-order valence-electron chi connectivity index (χ3n) is 3.90. The molecule has 1 unspecified atom stereocenters. The first kappa shape index (κ1) is 16.6. The van der Waals surface area contributed by atoms with Gasteiger partial charge in [-0.1, -0.05) is 13.8 Å². The minimum Gasteiger partial charge on any atom is -0.468 e. The van der Waals surface area contributed by atoms with Gasteiger partial charge in [-0.05, 0) is 25.0 Å². The topological polar surface area (TPSA) is 51.4 Å². The van der Waals surface area contributed by atoms with Gasteiger partial charge in [-0.15, -0.1) is 0 Å². The molecule has 2 aromatic heterocycles. The highest BCUT2D eigenvalue weighted by Gasteiger charge is 2.19. The SMILES string of the molecule is COCc1ncc(CN(Cc2ccco2)C(C)C(C)C)cn1. The summed E-state index contributed by atoms with van der Waals surface area (Å²) in [5.74, 6) is 2.24. The Balaban J connectivity index is 2.07. The molecule has 22 heavy (non-hydrogen) atoms. The quantitative estimate of drug-likeness (QED) is 0.749. The van der Waals surface area contributed by atoms with Crippen molar-refractivity contribution >= 4 is 0 Å². The fourth-order valence-electron chi connectivity index (χ4n) is 2.27. The van der Waals surface area contributed by atoms with E-state index in [1.54, 1.807) is 13.4 Å². The van der Waals surface area contributed by atoms with Crippen molar-refractivity contribution in [2.24, 2.45) is 5.92 Å². The van der Waals surface area contributed by atoms with Crippen LogP contribution in [0.25, 0.3) is 0 Å². The van der Waals surface area contributed by atoms with Gasteiger partial charge in [0, 0.05) is 37.7 Å². The van der Waals surface area contributed by atoms with E-state index in [2.05, 4.69) is 35.6 Å². The van der Waals surface area contributed by atoms with E-state index in [0.29, 0.717) is 24.4 Å². The van der Waals surface area contributed by atoms with E-state index in [0.717, 1.165) is 24.4 Å². The zero-order valence-corrected chi connectivity index (χ0v) is 13.8. The molecule has 120 valence electrons. The Bertz CT molecular complexity index is 538. The summed E-state index contributed by atoms with van der Waals surface area (Å²) in [5.41, 5.74) is 1.10. The average Bonchev–Trinajstić information content (AvgIpc) is 3.01. The molecule has 5 heteroatoms. The summed E-state index contributed by atoms with van der Waals surface area (Å²) < 4.78 is 10.5. The second-order valence-electron chi connectivity index (χ2n) is 5.91. The molecule has 0 bridgehead atoms. The molecule has 0 fully saturated rings. The maximum Gasteiger partial charge on any atom is 0.153 e. The highest BCUT2D eigenvalue weighted by Crippen LogP contribution is 2.17. The lowest BCUT2D eigenvalue weighted by Crippen LogP contribution is -2.35. The standard InChI is InChI=1S/C17H25N3O2/c1-13(2)14(3)20(11-16-6-5-7-22-16)10-15-8-18-17(12-21-4)19-9-15/h5-9,13-14H,10-12H2,1-4H3. The average molecular weight is 303 g/mol. The monoisotopic (exact) mass is 303 g/mol. The third-order valence-corrected chi connectivity index (χ3v) is 3.90. The van der Waals surface area contributed by atoms with E-state index in [4.69, 9.17) is 9.15 Å². The molecule has 2 aromatic rings. The molecule has 0 aliphatic heterocycles. The Kier molecular flexibility index (Phi) is 6.10. The maximum absolute atomic E-state index is 5.49. The number of nitrogens with zero attached hydrogens (tertiary/aromatic N) is 3. The van der Waals surface area contributed by atoms with Crippen molar-refractivity contribution < 1.29 is 9.15 Å². The summed E-state index contributed by atoms with van der Waals surface area (Å²) in [7, 11) is 1.65. The molecule has 5 nitrogen and oxygen atoms in total. The first-order valence-corrected chi connectivity index (χ1v) is 7.65. The molecule has 0 aliphatic carbocycles. The van der Waals surface area contributed by atoms with Gasteiger partial charge in [0.1, 0.15) is 12.4 Å². The van der Waals surface area contributed by atoms with Crippen molar-refractivity contribution in [2.75, 3.05) is 7.11 Å². The smallest absolute Gasteiger partial charge is 0.153 e. The molecule has 0 amide bonds. The molecule has 0 radical (unpaired) electrons. The van der Waals surface area contributed by atoms with Gasteiger partial charge < -0.3 is 9.15 Å². The summed E-state index contributed by atoms with van der Waals surface area (Å²) in [5, 5.41) is 0. The highest BCUT2D eigenvalue weighted by atomic mass is 16.5. The number of hydrogen-bond acceptors (Lipinski definition) is 5. The van der Waals surface area contributed by atoms with Crippen molar-refractivity contribution in [3.63, 3.8) is 0 Å². The molecule has 1 atom stereocenters. The summed E-state index contributed by atoms with van der Waals surface area (Å²) in [6, 6.07) is 4.37. The van der Waals surface area contributed by atoms with Crippen LogP contribution in [0.2, 0.25) is 0 Å². The van der Waals surface area contributed by atoms with E-state index in [1.165, 1.54) is 0 Å². The second kappa shape index (κ2) is 8.06. The number of aromatic nitrogens is 2. The van der Waals surface area contributed by atoms with Crippen molar-refractivity contribution in [2.45, 2.75) is 46.5 Å². The Morgan fingerprint density at radius 3 is 2.45 bits per heavy atom. The Morgan fingerprint density at radius 1 is 1.18 bits per heavy atom. The van der Waals surface area contributed by atoms with Crippen LogP contribution in [-0.2, 0) is 24.4 Å². The fraction of sp³-hybridized carbons (Fsp3) is 0.529. The van der Waals surface area contributed by atoms with Crippen molar-refractivity contribution in [3.8, 4) is 0 Å². The summed E-state index contributed by atoms with van der Waals surface area (Å²) in [6.07, 6.45) is 5.48. The van der Waals surface area contributed by atoms with Crippen LogP contribution in [0.15, 0.2) is 35.2 Å². The van der Waals surface area contributed by atoms with Crippen LogP contribution in [0.5, 0.6) is 0 Å². The predicted octanol–water partition coefficient (Wildman–Crippen LogP) is 3.26. The number of rotatable bonds is 8. The van der Waals surface area contributed by atoms with Crippen LogP contribution in [0, 0.1) is 5.92 Å². The van der Waals surface area contributed by atoms with Gasteiger partial charge in [0.15, 0.2) is 5.82 Å². The molecule has 0 N–H and O–H groups in total. The minimum absolute atomic E-state index is 0.434. The lowest BCUT2D eigenvalue weighted by atomic mass is 10.0. The van der Waals surface area contributed by atoms with Crippen LogP contribution in [-0.4, -0.2) is 28.0 Å². The number of methoxy groups -OCH3 is 1. The largest absolute Gasteiger partial charge is 0.468 e. The van der Waals surface area contributed by atoms with E-state index in [-0.39, 0.29) is 0 Å². The summed E-state index contributed by atoms with van der Waals surface area (Å²) >= 11 is 0. The van der Waals surface area contributed by atoms with Gasteiger partial charge in [-0.3, -0.25) is 4.90 Å². The molecule has 0 saturated heterocycles. The molecule has 0 saturated carbocycles. The lowest BCUT2D eigenvalue weighted by Gasteiger charge is -2.31. The predicted molar refractivity (Wildman–Crippen MR) is 85.0 cm³/mol. The minimum atomic E-state index is 0.434. The summed E-state index contributed by atoms with van der Waals surface area (Å²) in [6.45, 7) is 8.74. The molecule has 0 spiro atoms. The third kappa shape index (κ3) is 4.64. The molecular weight excluding hydrogens is 278 g/mol. The fourth-order valence-corrected chi connectivity index (χ4v) is 2.27. The van der Waals surface area contributed by atoms with Crippen LogP contribution in [0.1, 0.15) is 37.9 Å². The molecule has 0 aliphatic rings. The second-order valence-corrected chi connectivity index (χ2v) is 5.91. The summed E-state index contributed by atoms with van der Waals surface area (Å²) in [4.78, 5) is 11.1. The molecular formula is C17H25N3O2. The van der Waals surface area contributed by atoms with Crippen molar-refractivity contribution in [1.29, 1.82) is 0 Å². The molecule has 2 rings (SSSR count). The van der Waals surface area contributed by atoms with Gasteiger partial charge in [-0.25, -0.2) is 9.97 Å². The van der Waals surface area contributed by atoms with E-state index in [1.807, 2.05) is 24.5 Å². The van der Waals surface area contributed by atoms with Gasteiger partial charge in [-0.2, -0.15) is 0 Å².